The summed E-state index contributed by atoms with van der Waals surface area (Å²) in [5, 5.41) is 9.93. The lowest BCUT2D eigenvalue weighted by Crippen LogP contribution is -2.27. The van der Waals surface area contributed by atoms with Gasteiger partial charge in [-0.05, 0) is 18.6 Å². The highest BCUT2D eigenvalue weighted by Crippen LogP contribution is 2.27. The predicted octanol–water partition coefficient (Wildman–Crippen LogP) is 3.06. The third-order valence-corrected chi connectivity index (χ3v) is 2.66. The first-order chi connectivity index (χ1) is 7.07. The van der Waals surface area contributed by atoms with Crippen LogP contribution in [0.2, 0.25) is 5.02 Å². The number of aliphatic hydroxyl groups excluding tert-OH is 1. The molecule has 0 aliphatic rings. The van der Waals surface area contributed by atoms with E-state index in [2.05, 4.69) is 0 Å². The number of hydrogen-bond acceptors (Lipinski definition) is 2. The summed E-state index contributed by atoms with van der Waals surface area (Å²) in [4.78, 5) is 0. The van der Waals surface area contributed by atoms with Crippen molar-refractivity contribution in [3.63, 3.8) is 0 Å². The molecule has 3 N–H and O–H groups in total. The van der Waals surface area contributed by atoms with E-state index in [0.29, 0.717) is 6.42 Å². The molecule has 16 heavy (non-hydrogen) atoms. The highest BCUT2D eigenvalue weighted by molar-refractivity contribution is 6.31. The summed E-state index contributed by atoms with van der Waals surface area (Å²) in [6, 6.07) is 3.61. The third kappa shape index (κ3) is 3.59. The van der Waals surface area contributed by atoms with E-state index in [1.165, 1.54) is 12.1 Å². The number of benzene rings is 1. The van der Waals surface area contributed by atoms with Gasteiger partial charge >= 0.3 is 0 Å². The average molecular weight is 268 g/mol. The SMILES string of the molecule is CCC[C@@H](O)[C@@H](N)c1c(F)cccc1Cl.Cl. The van der Waals surface area contributed by atoms with Crippen LogP contribution < -0.4 is 5.73 Å². The Kier molecular flexibility index (Phi) is 6.91. The van der Waals surface area contributed by atoms with Crippen LogP contribution in [0, 0.1) is 5.82 Å². The maximum absolute atomic E-state index is 13.4. The largest absolute Gasteiger partial charge is 0.391 e. The van der Waals surface area contributed by atoms with Gasteiger partial charge in [-0.2, -0.15) is 0 Å². The van der Waals surface area contributed by atoms with Crippen molar-refractivity contribution in [1.82, 2.24) is 0 Å². The molecule has 0 aliphatic carbocycles. The maximum Gasteiger partial charge on any atom is 0.129 e. The molecule has 5 heteroatoms. The highest BCUT2D eigenvalue weighted by atomic mass is 35.5. The lowest BCUT2D eigenvalue weighted by atomic mass is 9.99. The fourth-order valence-electron chi connectivity index (χ4n) is 1.50. The number of nitrogens with two attached hydrogens (primary N) is 1. The monoisotopic (exact) mass is 267 g/mol. The molecule has 1 rings (SSSR count). The van der Waals surface area contributed by atoms with E-state index in [-0.39, 0.29) is 23.0 Å². The average Bonchev–Trinajstić information content (AvgIpc) is 2.17. The Hall–Kier alpha value is -0.350. The maximum atomic E-state index is 13.4. The molecular formula is C11H16Cl2FNO. The summed E-state index contributed by atoms with van der Waals surface area (Å²) in [6.07, 6.45) is 0.566. The van der Waals surface area contributed by atoms with Crippen LogP contribution >= 0.6 is 24.0 Å². The number of aliphatic hydroxyl groups is 1. The third-order valence-electron chi connectivity index (χ3n) is 2.33. The van der Waals surface area contributed by atoms with E-state index < -0.39 is 18.0 Å². The van der Waals surface area contributed by atoms with E-state index in [1.54, 1.807) is 6.07 Å². The molecule has 0 heterocycles. The van der Waals surface area contributed by atoms with Crippen molar-refractivity contribution >= 4 is 24.0 Å². The van der Waals surface area contributed by atoms with Gasteiger partial charge in [-0.15, -0.1) is 12.4 Å². The summed E-state index contributed by atoms with van der Waals surface area (Å²) in [6.45, 7) is 1.93. The molecular weight excluding hydrogens is 252 g/mol. The van der Waals surface area contributed by atoms with Crippen LogP contribution in [-0.2, 0) is 0 Å². The quantitative estimate of drug-likeness (QED) is 0.881. The second-order valence-electron chi connectivity index (χ2n) is 3.52. The van der Waals surface area contributed by atoms with Gasteiger partial charge in [0, 0.05) is 10.6 Å². The van der Waals surface area contributed by atoms with E-state index in [9.17, 15) is 9.50 Å². The molecule has 0 amide bonds. The van der Waals surface area contributed by atoms with Gasteiger partial charge in [-0.25, -0.2) is 4.39 Å². The molecule has 0 radical (unpaired) electrons. The Balaban J connectivity index is 0.00000225. The molecule has 0 unspecified atom stereocenters. The predicted molar refractivity (Wildman–Crippen MR) is 66.5 cm³/mol. The van der Waals surface area contributed by atoms with E-state index in [1.807, 2.05) is 6.92 Å². The lowest BCUT2D eigenvalue weighted by Gasteiger charge is -2.20. The minimum Gasteiger partial charge on any atom is -0.391 e. The first-order valence-electron chi connectivity index (χ1n) is 4.95. The fraction of sp³-hybridized carbons (Fsp3) is 0.455. The Labute approximate surface area is 106 Å². The van der Waals surface area contributed by atoms with Gasteiger partial charge < -0.3 is 10.8 Å². The Morgan fingerprint density at radius 3 is 2.62 bits per heavy atom. The zero-order valence-corrected chi connectivity index (χ0v) is 10.6. The van der Waals surface area contributed by atoms with Crippen LogP contribution in [0.3, 0.4) is 0 Å². The zero-order chi connectivity index (χ0) is 11.4. The first-order valence-corrected chi connectivity index (χ1v) is 5.33. The van der Waals surface area contributed by atoms with Crippen molar-refractivity contribution in [3.05, 3.63) is 34.6 Å². The second kappa shape index (κ2) is 7.07. The first kappa shape index (κ1) is 15.7. The van der Waals surface area contributed by atoms with Crippen molar-refractivity contribution in [2.24, 2.45) is 5.73 Å². The highest BCUT2D eigenvalue weighted by Gasteiger charge is 2.21. The van der Waals surface area contributed by atoms with Crippen LogP contribution in [0.4, 0.5) is 4.39 Å². The van der Waals surface area contributed by atoms with Crippen LogP contribution in [-0.4, -0.2) is 11.2 Å². The Bertz CT molecular complexity index is 316. The molecule has 0 saturated heterocycles. The number of hydrogen-bond donors (Lipinski definition) is 2. The molecule has 92 valence electrons. The minimum absolute atomic E-state index is 0. The van der Waals surface area contributed by atoms with Gasteiger partial charge in [0.1, 0.15) is 5.82 Å². The van der Waals surface area contributed by atoms with Gasteiger partial charge in [0.2, 0.25) is 0 Å². The van der Waals surface area contributed by atoms with Gasteiger partial charge in [0.05, 0.1) is 12.1 Å². The Morgan fingerprint density at radius 1 is 1.50 bits per heavy atom. The molecule has 0 fully saturated rings. The molecule has 1 aromatic carbocycles. The number of rotatable bonds is 4. The number of halogens is 3. The van der Waals surface area contributed by atoms with Crippen molar-refractivity contribution in [2.75, 3.05) is 0 Å². The molecule has 0 aromatic heterocycles. The summed E-state index contributed by atoms with van der Waals surface area (Å²) in [7, 11) is 0. The second-order valence-corrected chi connectivity index (χ2v) is 3.92. The Morgan fingerprint density at radius 2 is 2.12 bits per heavy atom. The lowest BCUT2D eigenvalue weighted by molar-refractivity contribution is 0.133. The van der Waals surface area contributed by atoms with Crippen molar-refractivity contribution in [2.45, 2.75) is 31.9 Å². The fourth-order valence-corrected chi connectivity index (χ4v) is 1.79. The van der Waals surface area contributed by atoms with Crippen LogP contribution in [0.5, 0.6) is 0 Å². The summed E-state index contributed by atoms with van der Waals surface area (Å²) in [5.41, 5.74) is 5.95. The normalized spacial score (nSPS) is 14.1. The van der Waals surface area contributed by atoms with E-state index >= 15 is 0 Å². The van der Waals surface area contributed by atoms with Gasteiger partial charge in [-0.3, -0.25) is 0 Å². The van der Waals surface area contributed by atoms with Crippen molar-refractivity contribution < 1.29 is 9.50 Å². The topological polar surface area (TPSA) is 46.2 Å². The molecule has 0 bridgehead atoms. The summed E-state index contributed by atoms with van der Waals surface area (Å²) in [5.74, 6) is -0.467. The van der Waals surface area contributed by atoms with E-state index in [4.69, 9.17) is 17.3 Å². The summed E-state index contributed by atoms with van der Waals surface area (Å²) < 4.78 is 13.4. The standard InChI is InChI=1S/C11H15ClFNO.ClH/c1-2-4-9(15)11(14)10-7(12)5-3-6-8(10)13;/h3,5-6,9,11,15H,2,4,14H2,1H3;1H/t9-,11-;/m1./s1. The van der Waals surface area contributed by atoms with Gasteiger partial charge in [-0.1, -0.05) is 31.0 Å². The van der Waals surface area contributed by atoms with Crippen molar-refractivity contribution in [3.8, 4) is 0 Å². The zero-order valence-electron chi connectivity index (χ0n) is 8.99. The van der Waals surface area contributed by atoms with Gasteiger partial charge in [0.15, 0.2) is 0 Å². The smallest absolute Gasteiger partial charge is 0.129 e. The van der Waals surface area contributed by atoms with Crippen molar-refractivity contribution in [1.29, 1.82) is 0 Å². The molecule has 0 spiro atoms. The van der Waals surface area contributed by atoms with Gasteiger partial charge in [0.25, 0.3) is 0 Å². The van der Waals surface area contributed by atoms with E-state index in [0.717, 1.165) is 6.42 Å². The minimum atomic E-state index is -0.765. The molecule has 1 aromatic rings. The van der Waals surface area contributed by atoms with Crippen LogP contribution in [0.15, 0.2) is 18.2 Å². The molecule has 2 atom stereocenters. The molecule has 2 nitrogen and oxygen atoms in total. The van der Waals surface area contributed by atoms with Crippen LogP contribution in [0.25, 0.3) is 0 Å². The molecule has 0 saturated carbocycles. The summed E-state index contributed by atoms with van der Waals surface area (Å²) >= 11 is 5.84. The van der Waals surface area contributed by atoms with Crippen LogP contribution in [0.1, 0.15) is 31.4 Å². The molecule has 0 aliphatic heterocycles.